The van der Waals surface area contributed by atoms with Crippen molar-refractivity contribution < 1.29 is 4.52 Å². The van der Waals surface area contributed by atoms with E-state index in [1.807, 2.05) is 36.4 Å². The lowest BCUT2D eigenvalue weighted by Crippen LogP contribution is -1.88. The standard InChI is InChI=1S/C16H13IN2O/c1-10-2-4-11(5-3-10)14-15(19-20-16(14)18)12-6-8-13(17)9-7-12/h2-9H,18H2,1H3. The molecule has 3 rings (SSSR count). The number of benzene rings is 2. The van der Waals surface area contributed by atoms with Crippen LogP contribution in [0.3, 0.4) is 0 Å². The van der Waals surface area contributed by atoms with Gasteiger partial charge in [-0.1, -0.05) is 47.1 Å². The average molecular weight is 376 g/mol. The summed E-state index contributed by atoms with van der Waals surface area (Å²) < 4.78 is 6.37. The highest BCUT2D eigenvalue weighted by Gasteiger charge is 2.17. The molecule has 3 aromatic rings. The first-order valence-corrected chi connectivity index (χ1v) is 7.31. The van der Waals surface area contributed by atoms with Crippen molar-refractivity contribution >= 4 is 28.5 Å². The largest absolute Gasteiger partial charge is 0.367 e. The molecule has 20 heavy (non-hydrogen) atoms. The van der Waals surface area contributed by atoms with Crippen molar-refractivity contribution in [2.75, 3.05) is 5.73 Å². The number of nitrogen functional groups attached to an aromatic ring is 1. The van der Waals surface area contributed by atoms with Crippen molar-refractivity contribution in [2.45, 2.75) is 6.92 Å². The molecule has 0 aliphatic carbocycles. The molecule has 0 fully saturated rings. The highest BCUT2D eigenvalue weighted by Crippen LogP contribution is 2.36. The molecule has 0 spiro atoms. The van der Waals surface area contributed by atoms with Gasteiger partial charge in [0.1, 0.15) is 5.69 Å². The Morgan fingerprint density at radius 2 is 1.55 bits per heavy atom. The lowest BCUT2D eigenvalue weighted by atomic mass is 10.0. The Morgan fingerprint density at radius 1 is 0.950 bits per heavy atom. The molecule has 0 aliphatic rings. The Morgan fingerprint density at radius 3 is 2.20 bits per heavy atom. The Bertz CT molecular complexity index is 730. The topological polar surface area (TPSA) is 52.0 Å². The SMILES string of the molecule is Cc1ccc(-c2c(-c3ccc(I)cc3)noc2N)cc1. The highest BCUT2D eigenvalue weighted by molar-refractivity contribution is 14.1. The smallest absolute Gasteiger partial charge is 0.230 e. The third-order valence-electron chi connectivity index (χ3n) is 3.18. The first-order chi connectivity index (χ1) is 9.65. The summed E-state index contributed by atoms with van der Waals surface area (Å²) >= 11 is 2.28. The molecule has 2 aromatic carbocycles. The molecule has 0 bridgehead atoms. The van der Waals surface area contributed by atoms with Gasteiger partial charge in [0.05, 0.1) is 5.56 Å². The summed E-state index contributed by atoms with van der Waals surface area (Å²) in [5.74, 6) is 0.349. The van der Waals surface area contributed by atoms with Gasteiger partial charge in [0.15, 0.2) is 0 Å². The first-order valence-electron chi connectivity index (χ1n) is 6.23. The van der Waals surface area contributed by atoms with Crippen molar-refractivity contribution in [2.24, 2.45) is 0 Å². The van der Waals surface area contributed by atoms with Crippen LogP contribution < -0.4 is 5.73 Å². The van der Waals surface area contributed by atoms with E-state index in [2.05, 4.69) is 46.8 Å². The van der Waals surface area contributed by atoms with Gasteiger partial charge >= 0.3 is 0 Å². The van der Waals surface area contributed by atoms with Crippen molar-refractivity contribution in [1.29, 1.82) is 0 Å². The van der Waals surface area contributed by atoms with Gasteiger partial charge in [-0.15, -0.1) is 0 Å². The first kappa shape index (κ1) is 13.2. The van der Waals surface area contributed by atoms with Gasteiger partial charge in [0.25, 0.3) is 0 Å². The van der Waals surface area contributed by atoms with Gasteiger partial charge in [-0.05, 0) is 47.2 Å². The Kier molecular flexibility index (Phi) is 3.48. The third-order valence-corrected chi connectivity index (χ3v) is 3.90. The molecule has 0 saturated carbocycles. The molecule has 4 heteroatoms. The maximum Gasteiger partial charge on any atom is 0.230 e. The van der Waals surface area contributed by atoms with Crippen LogP contribution >= 0.6 is 22.6 Å². The molecule has 0 unspecified atom stereocenters. The molecular weight excluding hydrogens is 363 g/mol. The lowest BCUT2D eigenvalue weighted by molar-refractivity contribution is 0.439. The normalized spacial score (nSPS) is 10.7. The van der Waals surface area contributed by atoms with Crippen LogP contribution in [-0.2, 0) is 0 Å². The second-order valence-corrected chi connectivity index (χ2v) is 5.89. The number of nitrogens with two attached hydrogens (primary N) is 1. The molecule has 0 saturated heterocycles. The highest BCUT2D eigenvalue weighted by atomic mass is 127. The van der Waals surface area contributed by atoms with E-state index < -0.39 is 0 Å². The fraction of sp³-hybridized carbons (Fsp3) is 0.0625. The number of hydrogen-bond acceptors (Lipinski definition) is 3. The quantitative estimate of drug-likeness (QED) is 0.670. The zero-order chi connectivity index (χ0) is 14.1. The predicted molar refractivity (Wildman–Crippen MR) is 89.2 cm³/mol. The molecule has 2 N–H and O–H groups in total. The van der Waals surface area contributed by atoms with Gasteiger partial charge in [-0.2, -0.15) is 0 Å². The van der Waals surface area contributed by atoms with E-state index in [9.17, 15) is 0 Å². The fourth-order valence-electron chi connectivity index (χ4n) is 2.11. The van der Waals surface area contributed by atoms with Crippen molar-refractivity contribution in [3.8, 4) is 22.4 Å². The fourth-order valence-corrected chi connectivity index (χ4v) is 2.47. The van der Waals surface area contributed by atoms with E-state index in [4.69, 9.17) is 10.3 Å². The monoisotopic (exact) mass is 376 g/mol. The van der Waals surface area contributed by atoms with E-state index in [0.717, 1.165) is 22.4 Å². The van der Waals surface area contributed by atoms with E-state index >= 15 is 0 Å². The van der Waals surface area contributed by atoms with Crippen LogP contribution in [0.5, 0.6) is 0 Å². The summed E-state index contributed by atoms with van der Waals surface area (Å²) in [4.78, 5) is 0. The summed E-state index contributed by atoms with van der Waals surface area (Å²) in [6, 6.07) is 16.3. The number of nitrogens with zero attached hydrogens (tertiary/aromatic N) is 1. The maximum absolute atomic E-state index is 5.95. The summed E-state index contributed by atoms with van der Waals surface area (Å²) in [5, 5.41) is 4.11. The number of anilines is 1. The Hall–Kier alpha value is -1.82. The zero-order valence-corrected chi connectivity index (χ0v) is 13.1. The second kappa shape index (κ2) is 5.28. The van der Waals surface area contributed by atoms with Gasteiger partial charge in [-0.25, -0.2) is 0 Å². The molecule has 0 radical (unpaired) electrons. The molecule has 1 aromatic heterocycles. The number of aromatic nitrogens is 1. The Labute approximate surface area is 130 Å². The minimum absolute atomic E-state index is 0.349. The van der Waals surface area contributed by atoms with Gasteiger partial charge in [-0.3, -0.25) is 0 Å². The number of hydrogen-bond donors (Lipinski definition) is 1. The summed E-state index contributed by atoms with van der Waals surface area (Å²) in [7, 11) is 0. The molecule has 3 nitrogen and oxygen atoms in total. The average Bonchev–Trinajstić information content (AvgIpc) is 2.83. The molecule has 0 amide bonds. The van der Waals surface area contributed by atoms with Crippen LogP contribution in [0.15, 0.2) is 53.1 Å². The van der Waals surface area contributed by atoms with E-state index in [1.54, 1.807) is 0 Å². The number of aryl methyl sites for hydroxylation is 1. The minimum atomic E-state index is 0.349. The van der Waals surface area contributed by atoms with Gasteiger partial charge in [0.2, 0.25) is 5.88 Å². The van der Waals surface area contributed by atoms with Crippen LogP contribution in [0.25, 0.3) is 22.4 Å². The van der Waals surface area contributed by atoms with Gasteiger partial charge in [0, 0.05) is 9.13 Å². The lowest BCUT2D eigenvalue weighted by Gasteiger charge is -2.03. The van der Waals surface area contributed by atoms with Crippen LogP contribution in [0.1, 0.15) is 5.56 Å². The molecule has 0 atom stereocenters. The molecule has 1 heterocycles. The summed E-state index contributed by atoms with van der Waals surface area (Å²) in [5.41, 5.74) is 10.8. The van der Waals surface area contributed by atoms with Crippen LogP contribution in [0, 0.1) is 10.5 Å². The van der Waals surface area contributed by atoms with E-state index in [-0.39, 0.29) is 0 Å². The number of rotatable bonds is 2. The predicted octanol–water partition coefficient (Wildman–Crippen LogP) is 4.50. The zero-order valence-electron chi connectivity index (χ0n) is 10.9. The van der Waals surface area contributed by atoms with Gasteiger partial charge < -0.3 is 10.3 Å². The Balaban J connectivity index is 2.14. The van der Waals surface area contributed by atoms with Crippen LogP contribution in [-0.4, -0.2) is 5.16 Å². The minimum Gasteiger partial charge on any atom is -0.367 e. The van der Waals surface area contributed by atoms with E-state index in [1.165, 1.54) is 9.13 Å². The second-order valence-electron chi connectivity index (χ2n) is 4.64. The number of halogens is 1. The van der Waals surface area contributed by atoms with E-state index in [0.29, 0.717) is 5.88 Å². The summed E-state index contributed by atoms with van der Waals surface area (Å²) in [6.07, 6.45) is 0. The van der Waals surface area contributed by atoms with Crippen molar-refractivity contribution in [3.63, 3.8) is 0 Å². The maximum atomic E-state index is 5.95. The summed E-state index contributed by atoms with van der Waals surface area (Å²) in [6.45, 7) is 2.06. The molecule has 0 aliphatic heterocycles. The van der Waals surface area contributed by atoms with Crippen LogP contribution in [0.2, 0.25) is 0 Å². The third kappa shape index (κ3) is 2.43. The van der Waals surface area contributed by atoms with Crippen molar-refractivity contribution in [1.82, 2.24) is 5.16 Å². The molecule has 100 valence electrons. The van der Waals surface area contributed by atoms with Crippen molar-refractivity contribution in [3.05, 3.63) is 57.7 Å². The van der Waals surface area contributed by atoms with Crippen LogP contribution in [0.4, 0.5) is 5.88 Å². The molecular formula is C16H13IN2O.